The fraction of sp³-hybridized carbons (Fsp3) is 0.364. The van der Waals surface area contributed by atoms with Gasteiger partial charge in [-0.2, -0.15) is 0 Å². The van der Waals surface area contributed by atoms with Crippen molar-refractivity contribution in [3.8, 4) is 0 Å². The monoisotopic (exact) mass is 252 g/mol. The van der Waals surface area contributed by atoms with Crippen LogP contribution in [0.2, 0.25) is 0 Å². The number of hydrogen-bond acceptors (Lipinski definition) is 4. The summed E-state index contributed by atoms with van der Waals surface area (Å²) in [6, 6.07) is 3.63. The van der Waals surface area contributed by atoms with Gasteiger partial charge >= 0.3 is 0 Å². The molecule has 0 bridgehead atoms. The normalized spacial score (nSPS) is 10.1. The molecule has 1 amide bonds. The quantitative estimate of drug-likeness (QED) is 0.671. The Morgan fingerprint density at radius 3 is 2.71 bits per heavy atom. The highest BCUT2D eigenvalue weighted by molar-refractivity contribution is 7.80. The lowest BCUT2D eigenvalue weighted by atomic mass is 10.3. The molecule has 1 aromatic rings. The van der Waals surface area contributed by atoms with Gasteiger partial charge in [-0.15, -0.1) is 0 Å². The van der Waals surface area contributed by atoms with Crippen molar-refractivity contribution in [3.63, 3.8) is 0 Å². The molecule has 6 heteroatoms. The van der Waals surface area contributed by atoms with Gasteiger partial charge in [0.15, 0.2) is 0 Å². The van der Waals surface area contributed by atoms with Gasteiger partial charge < -0.3 is 16.4 Å². The number of aromatic nitrogens is 1. The van der Waals surface area contributed by atoms with Crippen LogP contribution in [0.5, 0.6) is 0 Å². The second-order valence-corrected chi connectivity index (χ2v) is 4.31. The van der Waals surface area contributed by atoms with Crippen LogP contribution in [0.3, 0.4) is 0 Å². The second-order valence-electron chi connectivity index (χ2n) is 3.87. The number of thiocarbonyl (C=S) groups is 1. The average Bonchev–Trinajstić information content (AvgIpc) is 2.26. The molecule has 0 unspecified atom stereocenters. The van der Waals surface area contributed by atoms with E-state index in [9.17, 15) is 4.79 Å². The average molecular weight is 252 g/mol. The van der Waals surface area contributed by atoms with Crippen LogP contribution in [0.4, 0.5) is 5.69 Å². The standard InChI is InChI=1S/C11H16N4OS/c1-7(2)15-10(16)6-13-8-3-4-9(11(12)17)14-5-8/h3-5,7,13H,6H2,1-2H3,(H2,12,17)(H,15,16). The molecule has 1 rings (SSSR count). The zero-order valence-electron chi connectivity index (χ0n) is 9.86. The maximum Gasteiger partial charge on any atom is 0.239 e. The molecule has 1 aromatic heterocycles. The molecule has 0 saturated carbocycles. The number of carbonyl (C=O) groups excluding carboxylic acids is 1. The van der Waals surface area contributed by atoms with Crippen molar-refractivity contribution >= 4 is 28.8 Å². The van der Waals surface area contributed by atoms with Crippen molar-refractivity contribution < 1.29 is 4.79 Å². The van der Waals surface area contributed by atoms with Gasteiger partial charge in [0.25, 0.3) is 0 Å². The zero-order valence-corrected chi connectivity index (χ0v) is 10.7. The molecule has 0 spiro atoms. The highest BCUT2D eigenvalue weighted by atomic mass is 32.1. The maximum absolute atomic E-state index is 11.4. The Bertz CT molecular complexity index is 402. The molecule has 0 fully saturated rings. The summed E-state index contributed by atoms with van der Waals surface area (Å²) in [5.41, 5.74) is 6.75. The number of nitrogens with two attached hydrogens (primary N) is 1. The number of nitrogens with one attached hydrogen (secondary N) is 2. The molecule has 17 heavy (non-hydrogen) atoms. The Labute approximate surface area is 106 Å². The minimum absolute atomic E-state index is 0.0570. The molecule has 0 atom stereocenters. The second kappa shape index (κ2) is 6.15. The van der Waals surface area contributed by atoms with E-state index >= 15 is 0 Å². The first-order chi connectivity index (χ1) is 7.99. The van der Waals surface area contributed by atoms with E-state index in [0.29, 0.717) is 5.69 Å². The van der Waals surface area contributed by atoms with Gasteiger partial charge in [-0.1, -0.05) is 12.2 Å². The van der Waals surface area contributed by atoms with Crippen LogP contribution in [-0.4, -0.2) is 28.5 Å². The maximum atomic E-state index is 11.4. The topological polar surface area (TPSA) is 80.0 Å². The third kappa shape index (κ3) is 4.78. The lowest BCUT2D eigenvalue weighted by Crippen LogP contribution is -2.34. The number of nitrogens with zero attached hydrogens (tertiary/aromatic N) is 1. The molecule has 0 aromatic carbocycles. The van der Waals surface area contributed by atoms with E-state index < -0.39 is 0 Å². The third-order valence-corrected chi connectivity index (χ3v) is 2.13. The molecule has 0 aliphatic carbocycles. The van der Waals surface area contributed by atoms with Gasteiger partial charge in [-0.3, -0.25) is 9.78 Å². The molecule has 0 saturated heterocycles. The Balaban J connectivity index is 2.47. The van der Waals surface area contributed by atoms with Gasteiger partial charge in [0, 0.05) is 6.04 Å². The van der Waals surface area contributed by atoms with Gasteiger partial charge in [-0.25, -0.2) is 0 Å². The minimum Gasteiger partial charge on any atom is -0.388 e. The van der Waals surface area contributed by atoms with Crippen LogP contribution in [-0.2, 0) is 4.79 Å². The number of carbonyl (C=O) groups is 1. The first-order valence-electron chi connectivity index (χ1n) is 5.28. The van der Waals surface area contributed by atoms with Gasteiger partial charge in [0.05, 0.1) is 24.1 Å². The van der Waals surface area contributed by atoms with Gasteiger partial charge in [0.2, 0.25) is 5.91 Å². The lowest BCUT2D eigenvalue weighted by molar-refractivity contribution is -0.119. The summed E-state index contributed by atoms with van der Waals surface area (Å²) >= 11 is 4.79. The number of hydrogen-bond donors (Lipinski definition) is 3. The first-order valence-corrected chi connectivity index (χ1v) is 5.69. The fourth-order valence-electron chi connectivity index (χ4n) is 1.20. The predicted octanol–water partition coefficient (Wildman–Crippen LogP) is 0.652. The van der Waals surface area contributed by atoms with E-state index in [4.69, 9.17) is 18.0 Å². The van der Waals surface area contributed by atoms with E-state index in [1.807, 2.05) is 13.8 Å². The molecule has 0 radical (unpaired) electrons. The molecular formula is C11H16N4OS. The number of amides is 1. The SMILES string of the molecule is CC(C)NC(=O)CNc1ccc(C(N)=S)nc1. The van der Waals surface area contributed by atoms with E-state index in [0.717, 1.165) is 5.69 Å². The number of rotatable bonds is 5. The van der Waals surface area contributed by atoms with Crippen molar-refractivity contribution in [1.29, 1.82) is 0 Å². The Hall–Kier alpha value is -1.69. The van der Waals surface area contributed by atoms with Crippen LogP contribution in [0, 0.1) is 0 Å². The van der Waals surface area contributed by atoms with Crippen molar-refractivity contribution in [3.05, 3.63) is 24.0 Å². The lowest BCUT2D eigenvalue weighted by Gasteiger charge is -2.10. The fourth-order valence-corrected chi connectivity index (χ4v) is 1.32. The van der Waals surface area contributed by atoms with E-state index in [-0.39, 0.29) is 23.5 Å². The van der Waals surface area contributed by atoms with E-state index in [1.165, 1.54) is 0 Å². The molecule has 92 valence electrons. The van der Waals surface area contributed by atoms with Crippen molar-refractivity contribution in [1.82, 2.24) is 10.3 Å². The van der Waals surface area contributed by atoms with Crippen LogP contribution in [0.15, 0.2) is 18.3 Å². The summed E-state index contributed by atoms with van der Waals surface area (Å²) in [6.45, 7) is 4.04. The number of anilines is 1. The van der Waals surface area contributed by atoms with Crippen LogP contribution in [0.1, 0.15) is 19.5 Å². The van der Waals surface area contributed by atoms with E-state index in [1.54, 1.807) is 18.3 Å². The summed E-state index contributed by atoms with van der Waals surface area (Å²) < 4.78 is 0. The Kier molecular flexibility index (Phi) is 4.84. The molecule has 0 aliphatic heterocycles. The van der Waals surface area contributed by atoms with Crippen molar-refractivity contribution in [2.24, 2.45) is 5.73 Å². The molecular weight excluding hydrogens is 236 g/mol. The highest BCUT2D eigenvalue weighted by Gasteiger charge is 2.03. The molecule has 0 aliphatic rings. The summed E-state index contributed by atoms with van der Waals surface area (Å²) in [6.07, 6.45) is 1.59. The first kappa shape index (κ1) is 13.4. The third-order valence-electron chi connectivity index (χ3n) is 1.92. The summed E-state index contributed by atoms with van der Waals surface area (Å²) in [5, 5.41) is 5.74. The smallest absolute Gasteiger partial charge is 0.239 e. The molecule has 1 heterocycles. The van der Waals surface area contributed by atoms with Gasteiger partial charge in [0.1, 0.15) is 4.99 Å². The summed E-state index contributed by atoms with van der Waals surface area (Å²) in [4.78, 5) is 15.7. The summed E-state index contributed by atoms with van der Waals surface area (Å²) in [7, 11) is 0. The van der Waals surface area contributed by atoms with Gasteiger partial charge in [-0.05, 0) is 26.0 Å². The van der Waals surface area contributed by atoms with Crippen LogP contribution < -0.4 is 16.4 Å². The van der Waals surface area contributed by atoms with E-state index in [2.05, 4.69) is 15.6 Å². The van der Waals surface area contributed by atoms with Crippen molar-refractivity contribution in [2.75, 3.05) is 11.9 Å². The molecule has 5 nitrogen and oxygen atoms in total. The number of pyridine rings is 1. The Morgan fingerprint density at radius 1 is 1.53 bits per heavy atom. The van der Waals surface area contributed by atoms with Crippen molar-refractivity contribution in [2.45, 2.75) is 19.9 Å². The van der Waals surface area contributed by atoms with Crippen LogP contribution >= 0.6 is 12.2 Å². The predicted molar refractivity (Wildman–Crippen MR) is 71.9 cm³/mol. The zero-order chi connectivity index (χ0) is 12.8. The highest BCUT2D eigenvalue weighted by Crippen LogP contribution is 2.05. The Morgan fingerprint density at radius 2 is 2.24 bits per heavy atom. The van der Waals surface area contributed by atoms with Crippen LogP contribution in [0.25, 0.3) is 0 Å². The largest absolute Gasteiger partial charge is 0.388 e. The minimum atomic E-state index is -0.0570. The summed E-state index contributed by atoms with van der Waals surface area (Å²) in [5.74, 6) is -0.0570. The molecule has 4 N–H and O–H groups in total.